The van der Waals surface area contributed by atoms with Crippen LogP contribution in [0.15, 0.2) is 47.4 Å². The first-order valence-electron chi connectivity index (χ1n) is 5.62. The summed E-state index contributed by atoms with van der Waals surface area (Å²) in [7, 11) is -2.86. The minimum absolute atomic E-state index is 0.115. The number of nitrogen functional groups attached to an aromatic ring is 1. The number of rotatable bonds is 3. The van der Waals surface area contributed by atoms with Crippen LogP contribution >= 0.6 is 0 Å². The Balaban J connectivity index is 2.53. The van der Waals surface area contributed by atoms with Crippen LogP contribution < -0.4 is 10.0 Å². The van der Waals surface area contributed by atoms with E-state index in [9.17, 15) is 17.2 Å². The summed E-state index contributed by atoms with van der Waals surface area (Å²) in [5, 5.41) is 0. The first kappa shape index (κ1) is 14.3. The second-order valence-corrected chi connectivity index (χ2v) is 6.04. The topological polar surface area (TPSA) is 63.4 Å². The average Bonchev–Trinajstić information content (AvgIpc) is 2.38. The van der Waals surface area contributed by atoms with E-state index in [0.717, 1.165) is 28.6 Å². The van der Waals surface area contributed by atoms with Crippen LogP contribution in [0.2, 0.25) is 0 Å². The molecule has 2 aromatic carbocycles. The summed E-state index contributed by atoms with van der Waals surface area (Å²) < 4.78 is 52.1. The van der Waals surface area contributed by atoms with Crippen LogP contribution in [0.3, 0.4) is 0 Å². The molecule has 2 aromatic rings. The molecule has 0 amide bonds. The molecule has 0 unspecified atom stereocenters. The number of halogens is 2. The van der Waals surface area contributed by atoms with E-state index in [4.69, 9.17) is 5.73 Å². The molecule has 0 spiro atoms. The number of sulfonamides is 1. The highest BCUT2D eigenvalue weighted by molar-refractivity contribution is 7.93. The lowest BCUT2D eigenvalue weighted by molar-refractivity contribution is 0.589. The molecule has 0 aromatic heterocycles. The number of benzene rings is 2. The summed E-state index contributed by atoms with van der Waals surface area (Å²) in [6, 6.07) is 8.38. The van der Waals surface area contributed by atoms with Crippen molar-refractivity contribution in [2.45, 2.75) is 4.90 Å². The third kappa shape index (κ3) is 2.44. The fourth-order valence-corrected chi connectivity index (χ4v) is 3.04. The summed E-state index contributed by atoms with van der Waals surface area (Å²) in [4.78, 5) is -0.273. The summed E-state index contributed by atoms with van der Waals surface area (Å²) in [5.41, 5.74) is 5.18. The van der Waals surface area contributed by atoms with Gasteiger partial charge in [-0.3, -0.25) is 4.31 Å². The van der Waals surface area contributed by atoms with Crippen molar-refractivity contribution in [2.75, 3.05) is 17.1 Å². The Morgan fingerprint density at radius 1 is 1.10 bits per heavy atom. The summed E-state index contributed by atoms with van der Waals surface area (Å²) in [6.07, 6.45) is 0. The van der Waals surface area contributed by atoms with Crippen molar-refractivity contribution in [1.82, 2.24) is 0 Å². The smallest absolute Gasteiger partial charge is 0.266 e. The van der Waals surface area contributed by atoms with E-state index in [2.05, 4.69) is 0 Å². The first-order valence-corrected chi connectivity index (χ1v) is 7.06. The Morgan fingerprint density at radius 2 is 1.75 bits per heavy atom. The van der Waals surface area contributed by atoms with Crippen LogP contribution in [0.1, 0.15) is 0 Å². The van der Waals surface area contributed by atoms with Crippen molar-refractivity contribution in [3.8, 4) is 0 Å². The van der Waals surface area contributed by atoms with Gasteiger partial charge in [-0.25, -0.2) is 17.2 Å². The third-order valence-corrected chi connectivity index (χ3v) is 4.65. The zero-order chi connectivity index (χ0) is 14.9. The van der Waals surface area contributed by atoms with Crippen molar-refractivity contribution in [1.29, 1.82) is 0 Å². The number of nitrogens with zero attached hydrogens (tertiary/aromatic N) is 1. The molecule has 0 aliphatic rings. The largest absolute Gasteiger partial charge is 0.398 e. The van der Waals surface area contributed by atoms with E-state index in [-0.39, 0.29) is 16.3 Å². The first-order chi connectivity index (χ1) is 9.34. The molecule has 0 saturated heterocycles. The van der Waals surface area contributed by atoms with E-state index >= 15 is 0 Å². The van der Waals surface area contributed by atoms with E-state index in [1.165, 1.54) is 25.2 Å². The summed E-state index contributed by atoms with van der Waals surface area (Å²) >= 11 is 0. The van der Waals surface area contributed by atoms with Crippen molar-refractivity contribution in [3.05, 3.63) is 54.1 Å². The minimum atomic E-state index is -4.06. The molecular formula is C13H12F2N2O2S. The van der Waals surface area contributed by atoms with Crippen LogP contribution in [0.25, 0.3) is 0 Å². The highest BCUT2D eigenvalue weighted by atomic mass is 32.2. The van der Waals surface area contributed by atoms with Gasteiger partial charge in [0.25, 0.3) is 10.0 Å². The van der Waals surface area contributed by atoms with Gasteiger partial charge in [-0.1, -0.05) is 12.1 Å². The van der Waals surface area contributed by atoms with Crippen LogP contribution in [-0.2, 0) is 10.0 Å². The quantitative estimate of drug-likeness (QED) is 0.885. The van der Waals surface area contributed by atoms with Gasteiger partial charge in [0.1, 0.15) is 16.5 Å². The van der Waals surface area contributed by atoms with E-state index in [1.54, 1.807) is 0 Å². The van der Waals surface area contributed by atoms with Gasteiger partial charge in [0.2, 0.25) is 0 Å². The van der Waals surface area contributed by atoms with Gasteiger partial charge in [0, 0.05) is 7.05 Å². The van der Waals surface area contributed by atoms with Gasteiger partial charge in [-0.15, -0.1) is 0 Å². The summed E-state index contributed by atoms with van der Waals surface area (Å²) in [5.74, 6) is -1.32. The molecule has 4 nitrogen and oxygen atoms in total. The number of hydrogen-bond donors (Lipinski definition) is 1. The third-order valence-electron chi connectivity index (χ3n) is 2.80. The molecule has 0 saturated carbocycles. The van der Waals surface area contributed by atoms with Gasteiger partial charge in [-0.05, 0) is 30.3 Å². The average molecular weight is 298 g/mol. The highest BCUT2D eigenvalue weighted by Crippen LogP contribution is 2.27. The highest BCUT2D eigenvalue weighted by Gasteiger charge is 2.25. The van der Waals surface area contributed by atoms with Crippen molar-refractivity contribution in [3.63, 3.8) is 0 Å². The molecule has 0 radical (unpaired) electrons. The second kappa shape index (κ2) is 5.09. The Hall–Kier alpha value is -2.15. The molecule has 0 aliphatic heterocycles. The van der Waals surface area contributed by atoms with Crippen molar-refractivity contribution < 1.29 is 17.2 Å². The maximum atomic E-state index is 13.7. The molecule has 7 heteroatoms. The predicted molar refractivity (Wildman–Crippen MR) is 72.8 cm³/mol. The molecule has 106 valence electrons. The maximum Gasteiger partial charge on any atom is 0.266 e. The van der Waals surface area contributed by atoms with Crippen molar-refractivity contribution >= 4 is 21.4 Å². The normalized spacial score (nSPS) is 11.3. The van der Waals surface area contributed by atoms with Gasteiger partial charge in [0.05, 0.1) is 11.4 Å². The van der Waals surface area contributed by atoms with Gasteiger partial charge >= 0.3 is 0 Å². The fraction of sp³-hybridized carbons (Fsp3) is 0.0769. The lowest BCUT2D eigenvalue weighted by atomic mass is 10.3. The molecule has 2 N–H and O–H groups in total. The molecule has 20 heavy (non-hydrogen) atoms. The SMILES string of the molecule is CN(c1ccccc1F)S(=O)(=O)c1ccc(F)cc1N. The Bertz CT molecular complexity index is 748. The van der Waals surface area contributed by atoms with E-state index in [0.29, 0.717) is 0 Å². The van der Waals surface area contributed by atoms with Crippen molar-refractivity contribution in [2.24, 2.45) is 0 Å². The molecular weight excluding hydrogens is 286 g/mol. The Labute approximate surface area is 115 Å². The molecule has 0 atom stereocenters. The molecule has 0 fully saturated rings. The summed E-state index contributed by atoms with van der Waals surface area (Å²) in [6.45, 7) is 0. The molecule has 0 aliphatic carbocycles. The molecule has 2 rings (SSSR count). The second-order valence-electron chi connectivity index (χ2n) is 4.11. The number of nitrogens with two attached hydrogens (primary N) is 1. The van der Waals surface area contributed by atoms with Gasteiger partial charge in [0.15, 0.2) is 0 Å². The lowest BCUT2D eigenvalue weighted by Crippen LogP contribution is -2.28. The monoisotopic (exact) mass is 298 g/mol. The fourth-order valence-electron chi connectivity index (χ4n) is 1.74. The van der Waals surface area contributed by atoms with Crippen LogP contribution in [0, 0.1) is 11.6 Å². The number of hydrogen-bond acceptors (Lipinski definition) is 3. The van der Waals surface area contributed by atoms with Crippen LogP contribution in [-0.4, -0.2) is 15.5 Å². The number of para-hydroxylation sites is 1. The van der Waals surface area contributed by atoms with Crippen LogP contribution in [0.5, 0.6) is 0 Å². The molecule has 0 bridgehead atoms. The van der Waals surface area contributed by atoms with Gasteiger partial charge in [-0.2, -0.15) is 0 Å². The van der Waals surface area contributed by atoms with Crippen LogP contribution in [0.4, 0.5) is 20.2 Å². The van der Waals surface area contributed by atoms with E-state index in [1.807, 2.05) is 0 Å². The maximum absolute atomic E-state index is 13.7. The lowest BCUT2D eigenvalue weighted by Gasteiger charge is -2.20. The predicted octanol–water partition coefficient (Wildman–Crippen LogP) is 2.37. The van der Waals surface area contributed by atoms with E-state index < -0.39 is 21.7 Å². The molecule has 0 heterocycles. The van der Waals surface area contributed by atoms with Gasteiger partial charge < -0.3 is 5.73 Å². The standard InChI is InChI=1S/C13H12F2N2O2S/c1-17(12-5-3-2-4-10(12)15)20(18,19)13-7-6-9(14)8-11(13)16/h2-8H,16H2,1H3. The number of anilines is 2. The minimum Gasteiger partial charge on any atom is -0.398 e. The Morgan fingerprint density at radius 3 is 2.35 bits per heavy atom. The zero-order valence-electron chi connectivity index (χ0n) is 10.5. The zero-order valence-corrected chi connectivity index (χ0v) is 11.4. The Kier molecular flexibility index (Phi) is 3.63.